The highest BCUT2D eigenvalue weighted by molar-refractivity contribution is 5.95. The zero-order valence-electron chi connectivity index (χ0n) is 24.6. The van der Waals surface area contributed by atoms with Crippen LogP contribution in [0.2, 0.25) is 0 Å². The molecule has 0 radical (unpaired) electrons. The van der Waals surface area contributed by atoms with Crippen LogP contribution in [-0.2, 0) is 4.74 Å². The summed E-state index contributed by atoms with van der Waals surface area (Å²) in [4.78, 5) is 24.4. The highest BCUT2D eigenvalue weighted by Gasteiger charge is 2.20. The molecule has 5 heterocycles. The first-order valence-corrected chi connectivity index (χ1v) is 14.7. The number of ether oxygens (including phenoxy) is 1. The second kappa shape index (κ2) is 11.3. The third kappa shape index (κ3) is 5.72. The Balaban J connectivity index is 1.12. The topological polar surface area (TPSA) is 104 Å². The van der Waals surface area contributed by atoms with Gasteiger partial charge in [-0.05, 0) is 87.0 Å². The third-order valence-electron chi connectivity index (χ3n) is 7.83. The number of pyridine rings is 3. The Kier molecular flexibility index (Phi) is 7.08. The molecular formula is C34H34N8O. The van der Waals surface area contributed by atoms with Gasteiger partial charge in [-0.25, -0.2) is 4.98 Å². The van der Waals surface area contributed by atoms with E-state index >= 15 is 0 Å². The number of fused-ring (bicyclic) bond motifs is 2. The van der Waals surface area contributed by atoms with Crippen LogP contribution in [-0.4, -0.2) is 50.7 Å². The van der Waals surface area contributed by atoms with Crippen molar-refractivity contribution < 1.29 is 4.74 Å². The molecule has 6 aromatic rings. The van der Waals surface area contributed by atoms with E-state index in [-0.39, 0.29) is 6.10 Å². The summed E-state index contributed by atoms with van der Waals surface area (Å²) < 4.78 is 5.89. The van der Waals surface area contributed by atoms with Crippen LogP contribution in [0.3, 0.4) is 0 Å². The number of anilines is 5. The van der Waals surface area contributed by atoms with E-state index in [1.54, 1.807) is 6.20 Å². The maximum absolute atomic E-state index is 5.89. The zero-order valence-corrected chi connectivity index (χ0v) is 24.6. The Bertz CT molecular complexity index is 1920. The number of aromatic amines is 1. The number of rotatable bonds is 7. The van der Waals surface area contributed by atoms with Crippen LogP contribution in [0.5, 0.6) is 0 Å². The van der Waals surface area contributed by atoms with Crippen molar-refractivity contribution in [1.29, 1.82) is 0 Å². The van der Waals surface area contributed by atoms with E-state index in [1.807, 2.05) is 62.5 Å². The third-order valence-corrected chi connectivity index (χ3v) is 7.83. The Morgan fingerprint density at radius 1 is 0.860 bits per heavy atom. The van der Waals surface area contributed by atoms with Gasteiger partial charge in [0, 0.05) is 58.8 Å². The summed E-state index contributed by atoms with van der Waals surface area (Å²) in [5.74, 6) is 0.726. The number of H-pyrrole nitrogens is 1. The minimum atomic E-state index is 0.268. The lowest BCUT2D eigenvalue weighted by molar-refractivity contribution is 0.0384. The normalized spacial score (nSPS) is 15.2. The first-order valence-electron chi connectivity index (χ1n) is 14.7. The van der Waals surface area contributed by atoms with Crippen molar-refractivity contribution in [3.8, 4) is 11.5 Å². The number of nitrogens with zero attached hydrogens (tertiary/aromatic N) is 5. The average molecular weight is 571 g/mol. The zero-order chi connectivity index (χ0) is 29.3. The van der Waals surface area contributed by atoms with Gasteiger partial charge in [0.1, 0.15) is 5.69 Å². The van der Waals surface area contributed by atoms with Crippen molar-refractivity contribution in [3.63, 3.8) is 0 Å². The molecule has 0 aliphatic carbocycles. The van der Waals surface area contributed by atoms with Gasteiger partial charge < -0.3 is 25.3 Å². The minimum absolute atomic E-state index is 0.268. The first-order chi connectivity index (χ1) is 21.0. The fourth-order valence-electron chi connectivity index (χ4n) is 5.61. The molecule has 4 aromatic heterocycles. The number of aryl methyl sites for hydroxylation is 2. The summed E-state index contributed by atoms with van der Waals surface area (Å²) in [6, 6.07) is 22.7. The van der Waals surface area contributed by atoms with Gasteiger partial charge >= 0.3 is 0 Å². The molecule has 0 spiro atoms. The summed E-state index contributed by atoms with van der Waals surface area (Å²) >= 11 is 0. The summed E-state index contributed by atoms with van der Waals surface area (Å²) in [6.45, 7) is 8.72. The highest BCUT2D eigenvalue weighted by atomic mass is 16.5. The van der Waals surface area contributed by atoms with Gasteiger partial charge in [0.15, 0.2) is 5.82 Å². The lowest BCUT2D eigenvalue weighted by Crippen LogP contribution is -2.42. The minimum Gasteiger partial charge on any atom is -0.375 e. The number of benzene rings is 2. The van der Waals surface area contributed by atoms with Crippen molar-refractivity contribution in [1.82, 2.24) is 24.9 Å². The van der Waals surface area contributed by atoms with Crippen LogP contribution < -0.4 is 15.5 Å². The number of aromatic nitrogens is 5. The first kappa shape index (κ1) is 26.9. The Labute approximate surface area is 250 Å². The fraction of sp³-hybridized carbons (Fsp3) is 0.235. The van der Waals surface area contributed by atoms with E-state index in [9.17, 15) is 0 Å². The van der Waals surface area contributed by atoms with Crippen LogP contribution in [0.4, 0.5) is 28.4 Å². The van der Waals surface area contributed by atoms with E-state index in [2.05, 4.69) is 56.7 Å². The van der Waals surface area contributed by atoms with E-state index in [1.165, 1.54) is 5.69 Å². The van der Waals surface area contributed by atoms with Crippen molar-refractivity contribution >= 4 is 50.4 Å². The molecule has 1 aliphatic heterocycles. The van der Waals surface area contributed by atoms with Crippen LogP contribution in [0, 0.1) is 13.8 Å². The van der Waals surface area contributed by atoms with Gasteiger partial charge in [-0.15, -0.1) is 0 Å². The van der Waals surface area contributed by atoms with Crippen molar-refractivity contribution in [2.45, 2.75) is 33.3 Å². The molecule has 0 amide bonds. The molecule has 1 fully saturated rings. The van der Waals surface area contributed by atoms with Gasteiger partial charge in [-0.3, -0.25) is 15.0 Å². The number of hydrogen-bond acceptors (Lipinski definition) is 8. The van der Waals surface area contributed by atoms with Gasteiger partial charge in [-0.2, -0.15) is 0 Å². The van der Waals surface area contributed by atoms with Crippen molar-refractivity contribution in [3.05, 3.63) is 90.5 Å². The SMILES string of the molecule is CC[C@H]1CN(c2ccc3nc(C)cc(Nc4ccc(-c5nc6cc(Nc7ccnc(C)c7)ccc6[nH]5)nc4)c3c2)CCO1. The monoisotopic (exact) mass is 570 g/mol. The maximum atomic E-state index is 5.89. The van der Waals surface area contributed by atoms with E-state index < -0.39 is 0 Å². The van der Waals surface area contributed by atoms with Crippen LogP contribution in [0.15, 0.2) is 79.1 Å². The van der Waals surface area contributed by atoms with Gasteiger partial charge in [0.25, 0.3) is 0 Å². The van der Waals surface area contributed by atoms with Gasteiger partial charge in [-0.1, -0.05) is 6.92 Å². The lowest BCUT2D eigenvalue weighted by atomic mass is 10.1. The molecule has 43 heavy (non-hydrogen) atoms. The summed E-state index contributed by atoms with van der Waals surface area (Å²) in [6.07, 6.45) is 4.93. The lowest BCUT2D eigenvalue weighted by Gasteiger charge is -2.34. The molecule has 9 heteroatoms. The maximum Gasteiger partial charge on any atom is 0.157 e. The largest absolute Gasteiger partial charge is 0.375 e. The average Bonchev–Trinajstić information content (AvgIpc) is 3.45. The standard InChI is InChI=1S/C34H34N8O/c1-4-27-20-42(13-14-43-27)26-7-10-29-28(18-26)32(16-22(3)37-29)39-25-6-9-31(36-19-25)34-40-30-8-5-23(17-33(30)41-34)38-24-11-12-35-21(2)15-24/h5-12,15-19,27H,4,13-14,20H2,1-3H3,(H,35,38)(H,37,39)(H,40,41)/t27-/m0/s1. The molecule has 1 aliphatic rings. The van der Waals surface area contributed by atoms with E-state index in [0.29, 0.717) is 0 Å². The Morgan fingerprint density at radius 2 is 1.74 bits per heavy atom. The number of imidazole rings is 1. The van der Waals surface area contributed by atoms with Crippen LogP contribution >= 0.6 is 0 Å². The molecule has 7 rings (SSSR count). The Morgan fingerprint density at radius 3 is 2.58 bits per heavy atom. The van der Waals surface area contributed by atoms with Crippen molar-refractivity contribution in [2.75, 3.05) is 35.2 Å². The molecule has 1 saturated heterocycles. The smallest absolute Gasteiger partial charge is 0.157 e. The molecule has 1 atom stereocenters. The molecular weight excluding hydrogens is 536 g/mol. The second-order valence-electron chi connectivity index (χ2n) is 11.0. The molecule has 3 N–H and O–H groups in total. The highest BCUT2D eigenvalue weighted by Crippen LogP contribution is 2.31. The molecule has 9 nitrogen and oxygen atoms in total. The number of hydrogen-bond donors (Lipinski definition) is 3. The summed E-state index contributed by atoms with van der Waals surface area (Å²) in [5, 5.41) is 8.10. The fourth-order valence-corrected chi connectivity index (χ4v) is 5.61. The van der Waals surface area contributed by atoms with Crippen LogP contribution in [0.1, 0.15) is 24.7 Å². The van der Waals surface area contributed by atoms with Gasteiger partial charge in [0.2, 0.25) is 0 Å². The second-order valence-corrected chi connectivity index (χ2v) is 11.0. The molecule has 0 saturated carbocycles. The van der Waals surface area contributed by atoms with E-state index in [0.717, 1.165) is 93.7 Å². The predicted octanol–water partition coefficient (Wildman–Crippen LogP) is 7.29. The number of nitrogens with one attached hydrogen (secondary N) is 3. The van der Waals surface area contributed by atoms with Crippen molar-refractivity contribution in [2.24, 2.45) is 0 Å². The Hall–Kier alpha value is -5.02. The molecule has 0 unspecified atom stereocenters. The summed E-state index contributed by atoms with van der Waals surface area (Å²) in [5.41, 5.74) is 10.5. The molecule has 0 bridgehead atoms. The van der Waals surface area contributed by atoms with Crippen LogP contribution in [0.25, 0.3) is 33.5 Å². The number of morpholine rings is 1. The quantitative estimate of drug-likeness (QED) is 0.184. The predicted molar refractivity (Wildman–Crippen MR) is 174 cm³/mol. The summed E-state index contributed by atoms with van der Waals surface area (Å²) in [7, 11) is 0. The molecule has 2 aromatic carbocycles. The molecule has 216 valence electrons. The van der Waals surface area contributed by atoms with E-state index in [4.69, 9.17) is 19.7 Å². The van der Waals surface area contributed by atoms with Gasteiger partial charge in [0.05, 0.1) is 41.1 Å².